The summed E-state index contributed by atoms with van der Waals surface area (Å²) in [6.07, 6.45) is 2.65. The van der Waals surface area contributed by atoms with E-state index in [1.807, 2.05) is 4.90 Å². The first-order valence-corrected chi connectivity index (χ1v) is 10.3. The van der Waals surface area contributed by atoms with Gasteiger partial charge in [-0.25, -0.2) is 0 Å². The van der Waals surface area contributed by atoms with Crippen molar-refractivity contribution >= 4 is 28.5 Å². The van der Waals surface area contributed by atoms with Crippen LogP contribution in [0.25, 0.3) is 0 Å². The van der Waals surface area contributed by atoms with Crippen molar-refractivity contribution in [2.45, 2.75) is 19.3 Å². The number of nitrogens with zero attached hydrogens (tertiary/aromatic N) is 3. The molecule has 0 saturated carbocycles. The normalized spacial score (nSPS) is 26.4. The molecule has 3 aliphatic rings. The van der Waals surface area contributed by atoms with Gasteiger partial charge in [-0.05, 0) is 31.8 Å². The minimum Gasteiger partial charge on any atom is -0.379 e. The standard InChI is InChI=1S/C15H28N4O4S.ClH/c20-15(2-1-14-3-4-16-13-14)17-5-7-18(8-6-17)24(21,22)19-9-11-23-12-10-19;/h14,16H,1-13H2;1H. The third-order valence-electron chi connectivity index (χ3n) is 5.14. The van der Waals surface area contributed by atoms with E-state index in [2.05, 4.69) is 5.32 Å². The number of ether oxygens (including phenoxy) is 1. The highest BCUT2D eigenvalue weighted by molar-refractivity contribution is 7.86. The highest BCUT2D eigenvalue weighted by atomic mass is 35.5. The number of hydrogen-bond donors (Lipinski definition) is 1. The van der Waals surface area contributed by atoms with E-state index in [1.54, 1.807) is 0 Å². The first-order chi connectivity index (χ1) is 11.6. The molecule has 1 N–H and O–H groups in total. The summed E-state index contributed by atoms with van der Waals surface area (Å²) in [5, 5.41) is 3.32. The van der Waals surface area contributed by atoms with Crippen molar-refractivity contribution in [1.29, 1.82) is 0 Å². The number of amides is 1. The molecular formula is C15H29ClN4O4S. The molecule has 0 aromatic heterocycles. The van der Waals surface area contributed by atoms with Gasteiger partial charge in [0.2, 0.25) is 5.91 Å². The summed E-state index contributed by atoms with van der Waals surface area (Å²) in [6.45, 7) is 5.55. The maximum Gasteiger partial charge on any atom is 0.282 e. The molecule has 0 aromatic carbocycles. The van der Waals surface area contributed by atoms with E-state index in [4.69, 9.17) is 4.74 Å². The van der Waals surface area contributed by atoms with Gasteiger partial charge in [0, 0.05) is 45.7 Å². The van der Waals surface area contributed by atoms with Gasteiger partial charge in [0.15, 0.2) is 0 Å². The van der Waals surface area contributed by atoms with Gasteiger partial charge >= 0.3 is 0 Å². The van der Waals surface area contributed by atoms with Crippen LogP contribution in [-0.2, 0) is 19.7 Å². The summed E-state index contributed by atoms with van der Waals surface area (Å²) < 4.78 is 33.4. The quantitative estimate of drug-likeness (QED) is 0.678. The summed E-state index contributed by atoms with van der Waals surface area (Å²) >= 11 is 0. The number of morpholine rings is 1. The molecule has 0 radical (unpaired) electrons. The second-order valence-corrected chi connectivity index (χ2v) is 8.62. The van der Waals surface area contributed by atoms with E-state index in [9.17, 15) is 13.2 Å². The second-order valence-electron chi connectivity index (χ2n) is 6.70. The molecule has 3 fully saturated rings. The van der Waals surface area contributed by atoms with Crippen molar-refractivity contribution in [2.75, 3.05) is 65.6 Å². The smallest absolute Gasteiger partial charge is 0.282 e. The third-order valence-corrected chi connectivity index (χ3v) is 7.18. The van der Waals surface area contributed by atoms with Crippen LogP contribution in [-0.4, -0.2) is 93.4 Å². The van der Waals surface area contributed by atoms with Crippen LogP contribution >= 0.6 is 12.4 Å². The molecule has 1 unspecified atom stereocenters. The fourth-order valence-electron chi connectivity index (χ4n) is 3.56. The Balaban J connectivity index is 0.00000225. The zero-order valence-electron chi connectivity index (χ0n) is 14.6. The molecule has 25 heavy (non-hydrogen) atoms. The van der Waals surface area contributed by atoms with Crippen molar-refractivity contribution in [3.8, 4) is 0 Å². The molecule has 146 valence electrons. The largest absolute Gasteiger partial charge is 0.379 e. The second kappa shape index (κ2) is 9.48. The monoisotopic (exact) mass is 396 g/mol. The van der Waals surface area contributed by atoms with Crippen LogP contribution in [0.15, 0.2) is 0 Å². The van der Waals surface area contributed by atoms with Crippen LogP contribution < -0.4 is 5.32 Å². The Morgan fingerprint density at radius 3 is 2.28 bits per heavy atom. The summed E-state index contributed by atoms with van der Waals surface area (Å²) in [6, 6.07) is 0. The highest BCUT2D eigenvalue weighted by Crippen LogP contribution is 2.17. The Hall–Kier alpha value is -0.450. The van der Waals surface area contributed by atoms with Crippen molar-refractivity contribution in [3.63, 3.8) is 0 Å². The number of carbonyl (C=O) groups is 1. The Morgan fingerprint density at radius 2 is 1.68 bits per heavy atom. The average Bonchev–Trinajstić information content (AvgIpc) is 3.14. The fraction of sp³-hybridized carbons (Fsp3) is 0.933. The Labute approximate surface area is 156 Å². The summed E-state index contributed by atoms with van der Waals surface area (Å²) in [7, 11) is -3.42. The van der Waals surface area contributed by atoms with Gasteiger partial charge < -0.3 is 15.0 Å². The van der Waals surface area contributed by atoms with Gasteiger partial charge in [0.25, 0.3) is 10.2 Å². The zero-order valence-corrected chi connectivity index (χ0v) is 16.2. The van der Waals surface area contributed by atoms with E-state index in [0.717, 1.165) is 25.9 Å². The minimum atomic E-state index is -3.42. The van der Waals surface area contributed by atoms with E-state index in [0.29, 0.717) is 64.8 Å². The maximum atomic E-state index is 12.6. The lowest BCUT2D eigenvalue weighted by molar-refractivity contribution is -0.132. The lowest BCUT2D eigenvalue weighted by Crippen LogP contribution is -2.55. The maximum absolute atomic E-state index is 12.6. The SMILES string of the molecule is Cl.O=C(CCC1CCNC1)N1CCN(S(=O)(=O)N2CCOCC2)CC1. The molecule has 8 nitrogen and oxygen atoms in total. The van der Waals surface area contributed by atoms with Crippen molar-refractivity contribution in [1.82, 2.24) is 18.8 Å². The molecule has 1 amide bonds. The van der Waals surface area contributed by atoms with Gasteiger partial charge in [0.05, 0.1) is 13.2 Å². The molecule has 3 aliphatic heterocycles. The molecule has 3 heterocycles. The first-order valence-electron chi connectivity index (χ1n) is 8.89. The fourth-order valence-corrected chi connectivity index (χ4v) is 5.12. The predicted molar refractivity (Wildman–Crippen MR) is 96.9 cm³/mol. The van der Waals surface area contributed by atoms with Crippen molar-refractivity contribution in [2.24, 2.45) is 5.92 Å². The van der Waals surface area contributed by atoms with Gasteiger partial charge in [-0.2, -0.15) is 17.0 Å². The van der Waals surface area contributed by atoms with Crippen molar-refractivity contribution in [3.05, 3.63) is 0 Å². The Kier molecular flexibility index (Phi) is 7.91. The van der Waals surface area contributed by atoms with Gasteiger partial charge in [0.1, 0.15) is 0 Å². The molecule has 10 heteroatoms. The molecule has 0 spiro atoms. The molecule has 1 atom stereocenters. The van der Waals surface area contributed by atoms with Gasteiger partial charge in [-0.1, -0.05) is 0 Å². The number of rotatable bonds is 5. The number of hydrogen-bond acceptors (Lipinski definition) is 5. The van der Waals surface area contributed by atoms with Crippen LogP contribution in [0.5, 0.6) is 0 Å². The van der Waals surface area contributed by atoms with Crippen LogP contribution in [0.3, 0.4) is 0 Å². The molecule has 0 aromatic rings. The summed E-state index contributed by atoms with van der Waals surface area (Å²) in [5.74, 6) is 0.766. The minimum absolute atomic E-state index is 0. The number of halogens is 1. The zero-order chi connectivity index (χ0) is 17.0. The molecular weight excluding hydrogens is 368 g/mol. The predicted octanol–water partition coefficient (Wildman–Crippen LogP) is -0.481. The highest BCUT2D eigenvalue weighted by Gasteiger charge is 2.34. The average molecular weight is 397 g/mol. The van der Waals surface area contributed by atoms with Gasteiger partial charge in [-0.15, -0.1) is 12.4 Å². The van der Waals surface area contributed by atoms with Crippen LogP contribution in [0.4, 0.5) is 0 Å². The molecule has 3 rings (SSSR count). The van der Waals surface area contributed by atoms with Crippen LogP contribution in [0, 0.1) is 5.92 Å². The number of nitrogens with one attached hydrogen (secondary N) is 1. The molecule has 3 saturated heterocycles. The van der Waals surface area contributed by atoms with E-state index >= 15 is 0 Å². The van der Waals surface area contributed by atoms with Gasteiger partial charge in [-0.3, -0.25) is 4.79 Å². The topological polar surface area (TPSA) is 82.2 Å². The Morgan fingerprint density at radius 1 is 1.04 bits per heavy atom. The lowest BCUT2D eigenvalue weighted by Gasteiger charge is -2.37. The van der Waals surface area contributed by atoms with Crippen LogP contribution in [0.1, 0.15) is 19.3 Å². The Bertz CT molecular complexity index is 528. The third kappa shape index (κ3) is 5.27. The molecule has 0 aliphatic carbocycles. The van der Waals surface area contributed by atoms with E-state index < -0.39 is 10.2 Å². The first kappa shape index (κ1) is 20.9. The molecule has 0 bridgehead atoms. The van der Waals surface area contributed by atoms with E-state index in [-0.39, 0.29) is 18.3 Å². The van der Waals surface area contributed by atoms with Crippen LogP contribution in [0.2, 0.25) is 0 Å². The number of piperazine rings is 1. The van der Waals surface area contributed by atoms with E-state index in [1.165, 1.54) is 8.61 Å². The lowest BCUT2D eigenvalue weighted by atomic mass is 10.0. The van der Waals surface area contributed by atoms with Crippen molar-refractivity contribution < 1.29 is 17.9 Å². The summed E-state index contributed by atoms with van der Waals surface area (Å²) in [5.41, 5.74) is 0. The summed E-state index contributed by atoms with van der Waals surface area (Å²) in [4.78, 5) is 14.1. The number of carbonyl (C=O) groups excluding carboxylic acids is 1.